The van der Waals surface area contributed by atoms with Crippen LogP contribution >= 0.6 is 0 Å². The second-order valence-corrected chi connectivity index (χ2v) is 18.0. The number of benzene rings is 4. The van der Waals surface area contributed by atoms with E-state index in [0.717, 1.165) is 0 Å². The highest BCUT2D eigenvalue weighted by Crippen LogP contribution is 2.73. The van der Waals surface area contributed by atoms with Crippen LogP contribution in [0.25, 0.3) is 0 Å². The maximum absolute atomic E-state index is 14.2. The fourth-order valence-corrected chi connectivity index (χ4v) is 12.0. The molecule has 8 rings (SSSR count). The van der Waals surface area contributed by atoms with Crippen molar-refractivity contribution < 1.29 is 57.1 Å². The van der Waals surface area contributed by atoms with Crippen LogP contribution in [0.2, 0.25) is 0 Å². The SMILES string of the molecule is COc1cccc(C(=O)NCC23CC4(CNC(=O)c5cccc(OC)c5OC)CC(CNC(=O)c5cccc(OC)c5OC)(C2)CC(CNC(=O)c2cccc(OC)c2OC)(C3)C4)c1OC. The minimum Gasteiger partial charge on any atom is -0.493 e. The molecule has 4 aromatic carbocycles. The Bertz CT molecular complexity index is 2100. The Morgan fingerprint density at radius 3 is 0.712 bits per heavy atom. The first-order valence-electron chi connectivity index (χ1n) is 21.8. The normalized spacial score (nSPS) is 22.3. The summed E-state index contributed by atoms with van der Waals surface area (Å²) in [6, 6.07) is 20.6. The Balaban J connectivity index is 1.28. The first-order chi connectivity index (χ1) is 31.8. The van der Waals surface area contributed by atoms with Crippen molar-refractivity contribution in [1.82, 2.24) is 21.3 Å². The second kappa shape index (κ2) is 19.3. The number of ether oxygens (including phenoxy) is 8. The zero-order chi connectivity index (χ0) is 47.3. The minimum absolute atomic E-state index is 0.268. The van der Waals surface area contributed by atoms with Gasteiger partial charge in [-0.1, -0.05) is 24.3 Å². The van der Waals surface area contributed by atoms with Crippen LogP contribution in [-0.2, 0) is 0 Å². The molecule has 0 atom stereocenters. The van der Waals surface area contributed by atoms with E-state index in [-0.39, 0.29) is 49.8 Å². The van der Waals surface area contributed by atoms with Crippen molar-refractivity contribution in [3.05, 3.63) is 95.1 Å². The molecule has 16 nitrogen and oxygen atoms in total. The molecule has 4 saturated carbocycles. The van der Waals surface area contributed by atoms with Gasteiger partial charge in [-0.05, 0) is 109 Å². The standard InChI is InChI=1S/C50H60N4O12/c1-59-35-17-9-13-31(39(35)63-5)43(55)51-27-47-21-48(28-52-44(56)32-14-10-18-36(60-2)40(32)64-6)24-49(22-47,29-53-45(57)33-15-11-19-37(61-3)41(33)65-7)26-50(23-47,25-48)30-54-46(58)34-16-12-20-38(62-4)42(34)66-8/h9-20H,21-30H2,1-8H3,(H,51,55)(H,52,56)(H,53,57)(H,54,58). The predicted molar refractivity (Wildman–Crippen MR) is 245 cm³/mol. The van der Waals surface area contributed by atoms with Crippen LogP contribution in [0.4, 0.5) is 0 Å². The number of carbonyl (C=O) groups excluding carboxylic acids is 4. The third-order valence-electron chi connectivity index (χ3n) is 13.6. The van der Waals surface area contributed by atoms with Gasteiger partial charge in [0.05, 0.1) is 79.1 Å². The average Bonchev–Trinajstić information content (AvgIpc) is 3.34. The molecule has 4 amide bonds. The van der Waals surface area contributed by atoms with E-state index in [1.807, 2.05) is 0 Å². The van der Waals surface area contributed by atoms with Gasteiger partial charge in [0.1, 0.15) is 0 Å². The maximum Gasteiger partial charge on any atom is 0.255 e. The van der Waals surface area contributed by atoms with Gasteiger partial charge < -0.3 is 59.2 Å². The fourth-order valence-electron chi connectivity index (χ4n) is 12.0. The van der Waals surface area contributed by atoms with E-state index in [2.05, 4.69) is 21.3 Å². The molecule has 16 heteroatoms. The molecule has 66 heavy (non-hydrogen) atoms. The zero-order valence-corrected chi connectivity index (χ0v) is 38.9. The van der Waals surface area contributed by atoms with Crippen molar-refractivity contribution in [3.63, 3.8) is 0 Å². The van der Waals surface area contributed by atoms with E-state index in [1.54, 1.807) is 72.8 Å². The van der Waals surface area contributed by atoms with E-state index in [1.165, 1.54) is 56.9 Å². The van der Waals surface area contributed by atoms with Gasteiger partial charge in [0.15, 0.2) is 46.0 Å². The number of hydrogen-bond donors (Lipinski definition) is 4. The highest BCUT2D eigenvalue weighted by atomic mass is 16.5. The van der Waals surface area contributed by atoms with Gasteiger partial charge in [0.25, 0.3) is 23.6 Å². The summed E-state index contributed by atoms with van der Waals surface area (Å²) >= 11 is 0. The maximum atomic E-state index is 14.2. The zero-order valence-electron chi connectivity index (χ0n) is 38.9. The number of amides is 4. The lowest BCUT2D eigenvalue weighted by Crippen LogP contribution is -2.68. The van der Waals surface area contributed by atoms with Gasteiger partial charge in [0.2, 0.25) is 0 Å². The molecule has 352 valence electrons. The molecule has 4 aromatic rings. The molecule has 0 radical (unpaired) electrons. The third-order valence-corrected chi connectivity index (χ3v) is 13.6. The van der Waals surface area contributed by atoms with E-state index >= 15 is 0 Å². The van der Waals surface area contributed by atoms with Crippen LogP contribution in [0.5, 0.6) is 46.0 Å². The third kappa shape index (κ3) is 9.05. The summed E-state index contributed by atoms with van der Waals surface area (Å²) in [5, 5.41) is 13.0. The van der Waals surface area contributed by atoms with Crippen molar-refractivity contribution in [2.45, 2.75) is 38.5 Å². The van der Waals surface area contributed by atoms with Gasteiger partial charge in [-0.2, -0.15) is 0 Å². The second-order valence-electron chi connectivity index (χ2n) is 18.0. The van der Waals surface area contributed by atoms with Crippen molar-refractivity contribution in [2.24, 2.45) is 21.7 Å². The summed E-state index contributed by atoms with van der Waals surface area (Å²) in [5.41, 5.74) is -0.925. The topological polar surface area (TPSA) is 190 Å². The summed E-state index contributed by atoms with van der Waals surface area (Å²) in [7, 11) is 12.0. The minimum atomic E-state index is -0.550. The monoisotopic (exact) mass is 908 g/mol. The highest BCUT2D eigenvalue weighted by molar-refractivity contribution is 5.99. The number of nitrogens with one attached hydrogen (secondary N) is 4. The summed E-state index contributed by atoms with van der Waals surface area (Å²) in [6.07, 6.45) is 3.86. The first-order valence-corrected chi connectivity index (χ1v) is 21.8. The molecule has 0 heterocycles. The molecule has 4 aliphatic carbocycles. The van der Waals surface area contributed by atoms with Crippen LogP contribution < -0.4 is 59.2 Å². The van der Waals surface area contributed by atoms with Crippen LogP contribution in [-0.4, -0.2) is 107 Å². The van der Waals surface area contributed by atoms with E-state index < -0.39 is 21.7 Å². The number of carbonyl (C=O) groups is 4. The number of methoxy groups -OCH3 is 8. The number of para-hydroxylation sites is 4. The van der Waals surface area contributed by atoms with Crippen molar-refractivity contribution in [3.8, 4) is 46.0 Å². The average molecular weight is 909 g/mol. The smallest absolute Gasteiger partial charge is 0.255 e. The van der Waals surface area contributed by atoms with Crippen molar-refractivity contribution >= 4 is 23.6 Å². The molecular formula is C50H60N4O12. The first kappa shape index (κ1) is 47.1. The van der Waals surface area contributed by atoms with Crippen molar-refractivity contribution in [2.75, 3.05) is 83.1 Å². The van der Waals surface area contributed by atoms with E-state index in [4.69, 9.17) is 37.9 Å². The summed E-state index contributed by atoms with van der Waals surface area (Å²) in [4.78, 5) is 56.8. The fraction of sp³-hybridized carbons (Fsp3) is 0.440. The van der Waals surface area contributed by atoms with E-state index in [9.17, 15) is 19.2 Å². The molecule has 0 saturated heterocycles. The van der Waals surface area contributed by atoms with Crippen LogP contribution in [0.1, 0.15) is 80.0 Å². The molecule has 0 unspecified atom stereocenters. The molecule has 0 aromatic heterocycles. The lowest BCUT2D eigenvalue weighted by molar-refractivity contribution is -0.193. The lowest BCUT2D eigenvalue weighted by atomic mass is 9.35. The number of rotatable bonds is 20. The molecular weight excluding hydrogens is 849 g/mol. The van der Waals surface area contributed by atoms with Gasteiger partial charge in [0, 0.05) is 26.2 Å². The molecule has 0 spiro atoms. The van der Waals surface area contributed by atoms with Crippen LogP contribution in [0.15, 0.2) is 72.8 Å². The van der Waals surface area contributed by atoms with Crippen LogP contribution in [0.3, 0.4) is 0 Å². The molecule has 4 bridgehead atoms. The molecule has 4 fully saturated rings. The largest absolute Gasteiger partial charge is 0.493 e. The molecule has 4 N–H and O–H groups in total. The number of hydrogen-bond acceptors (Lipinski definition) is 12. The molecule has 4 aliphatic rings. The van der Waals surface area contributed by atoms with Gasteiger partial charge in [-0.3, -0.25) is 19.2 Å². The van der Waals surface area contributed by atoms with Gasteiger partial charge in [-0.15, -0.1) is 0 Å². The summed E-state index contributed by atoms with van der Waals surface area (Å²) in [6.45, 7) is 1.07. The quantitative estimate of drug-likeness (QED) is 0.0799. The highest BCUT2D eigenvalue weighted by Gasteiger charge is 2.68. The Morgan fingerprint density at radius 2 is 0.545 bits per heavy atom. The summed E-state index contributed by atoms with van der Waals surface area (Å²) < 4.78 is 44.6. The van der Waals surface area contributed by atoms with E-state index in [0.29, 0.717) is 107 Å². The van der Waals surface area contributed by atoms with Gasteiger partial charge in [-0.25, -0.2) is 0 Å². The van der Waals surface area contributed by atoms with Gasteiger partial charge >= 0.3 is 0 Å². The predicted octanol–water partition coefficient (Wildman–Crippen LogP) is 6.10. The summed E-state index contributed by atoms with van der Waals surface area (Å²) in [5.74, 6) is 1.59. The lowest BCUT2D eigenvalue weighted by Gasteiger charge is -2.71. The molecule has 0 aliphatic heterocycles. The Kier molecular flexibility index (Phi) is 13.8. The Hall–Kier alpha value is -6.84. The van der Waals surface area contributed by atoms with Crippen LogP contribution in [0, 0.1) is 21.7 Å². The Morgan fingerprint density at radius 1 is 0.348 bits per heavy atom. The van der Waals surface area contributed by atoms with Crippen molar-refractivity contribution in [1.29, 1.82) is 0 Å². The Labute approximate surface area is 385 Å².